The minimum absolute atomic E-state index is 0.923. The highest BCUT2D eigenvalue weighted by atomic mass is 79.9. The van der Waals surface area contributed by atoms with Crippen molar-refractivity contribution in [1.82, 2.24) is 4.98 Å². The molecule has 0 aliphatic carbocycles. The topological polar surface area (TPSA) is 24.9 Å². The number of anilines is 1. The second-order valence-electron chi connectivity index (χ2n) is 3.20. The molecule has 1 aromatic heterocycles. The van der Waals surface area contributed by atoms with Crippen LogP contribution in [0.5, 0.6) is 0 Å². The monoisotopic (exact) mass is 250 g/mol. The van der Waals surface area contributed by atoms with Crippen LogP contribution in [0.15, 0.2) is 28.9 Å². The summed E-state index contributed by atoms with van der Waals surface area (Å²) in [5, 5.41) is 5.48. The van der Waals surface area contributed by atoms with Crippen molar-refractivity contribution in [3.05, 3.63) is 34.4 Å². The van der Waals surface area contributed by atoms with Crippen molar-refractivity contribution in [2.75, 3.05) is 12.4 Å². The van der Waals surface area contributed by atoms with Gasteiger partial charge in [-0.05, 0) is 28.4 Å². The Bertz CT molecular complexity index is 472. The molecule has 0 atom stereocenters. The Labute approximate surface area is 91.5 Å². The van der Waals surface area contributed by atoms with Gasteiger partial charge in [-0.2, -0.15) is 0 Å². The quantitative estimate of drug-likeness (QED) is 0.840. The van der Waals surface area contributed by atoms with E-state index in [0.717, 1.165) is 15.7 Å². The molecule has 0 aliphatic heterocycles. The Balaban J connectivity index is 2.91. The van der Waals surface area contributed by atoms with Crippen molar-refractivity contribution in [2.45, 2.75) is 6.92 Å². The van der Waals surface area contributed by atoms with E-state index < -0.39 is 0 Å². The van der Waals surface area contributed by atoms with E-state index in [1.807, 2.05) is 19.3 Å². The molecule has 0 unspecified atom stereocenters. The van der Waals surface area contributed by atoms with Crippen molar-refractivity contribution in [2.24, 2.45) is 0 Å². The summed E-state index contributed by atoms with van der Waals surface area (Å²) in [6.07, 6.45) is 1.83. The molecule has 0 spiro atoms. The highest BCUT2D eigenvalue weighted by molar-refractivity contribution is 9.10. The van der Waals surface area contributed by atoms with Crippen LogP contribution in [-0.2, 0) is 0 Å². The molecule has 1 aromatic carbocycles. The predicted molar refractivity (Wildman–Crippen MR) is 63.7 cm³/mol. The van der Waals surface area contributed by atoms with Crippen LogP contribution in [0.2, 0.25) is 0 Å². The first-order chi connectivity index (χ1) is 6.74. The number of nitrogens with one attached hydrogen (secondary N) is 1. The van der Waals surface area contributed by atoms with Crippen LogP contribution in [0.3, 0.4) is 0 Å². The SMILES string of the molecule is CNc1ncc(Br)c2c(C)cccc12. The van der Waals surface area contributed by atoms with E-state index in [4.69, 9.17) is 0 Å². The fourth-order valence-electron chi connectivity index (χ4n) is 1.64. The van der Waals surface area contributed by atoms with Gasteiger partial charge in [0.15, 0.2) is 0 Å². The van der Waals surface area contributed by atoms with E-state index in [9.17, 15) is 0 Å². The lowest BCUT2D eigenvalue weighted by Gasteiger charge is -2.08. The normalized spacial score (nSPS) is 10.5. The molecule has 2 nitrogen and oxygen atoms in total. The molecular formula is C11H11BrN2. The van der Waals surface area contributed by atoms with Gasteiger partial charge in [-0.3, -0.25) is 0 Å². The second kappa shape index (κ2) is 3.58. The van der Waals surface area contributed by atoms with E-state index in [1.165, 1.54) is 10.9 Å². The number of halogens is 1. The molecule has 1 N–H and O–H groups in total. The number of rotatable bonds is 1. The van der Waals surface area contributed by atoms with Crippen LogP contribution in [0.4, 0.5) is 5.82 Å². The Morgan fingerprint density at radius 2 is 2.14 bits per heavy atom. The van der Waals surface area contributed by atoms with Crippen molar-refractivity contribution >= 4 is 32.5 Å². The fraction of sp³-hybridized carbons (Fsp3) is 0.182. The summed E-state index contributed by atoms with van der Waals surface area (Å²) in [6.45, 7) is 2.10. The maximum Gasteiger partial charge on any atom is 0.133 e. The minimum Gasteiger partial charge on any atom is -0.373 e. The molecule has 1 heterocycles. The van der Waals surface area contributed by atoms with Gasteiger partial charge in [0.1, 0.15) is 5.82 Å². The predicted octanol–water partition coefficient (Wildman–Crippen LogP) is 3.35. The van der Waals surface area contributed by atoms with Crippen molar-refractivity contribution in [3.63, 3.8) is 0 Å². The molecule has 2 aromatic rings. The van der Waals surface area contributed by atoms with Gasteiger partial charge in [-0.15, -0.1) is 0 Å². The number of hydrogen-bond donors (Lipinski definition) is 1. The van der Waals surface area contributed by atoms with Gasteiger partial charge >= 0.3 is 0 Å². The van der Waals surface area contributed by atoms with Gasteiger partial charge in [-0.1, -0.05) is 18.2 Å². The smallest absolute Gasteiger partial charge is 0.133 e. The van der Waals surface area contributed by atoms with Crippen LogP contribution in [-0.4, -0.2) is 12.0 Å². The number of benzene rings is 1. The molecule has 0 fully saturated rings. The zero-order valence-corrected chi connectivity index (χ0v) is 9.72. The van der Waals surface area contributed by atoms with Crippen molar-refractivity contribution < 1.29 is 0 Å². The molecule has 0 amide bonds. The number of aryl methyl sites for hydroxylation is 1. The maximum absolute atomic E-state index is 4.31. The van der Waals surface area contributed by atoms with Gasteiger partial charge < -0.3 is 5.32 Å². The molecule has 0 bridgehead atoms. The van der Waals surface area contributed by atoms with Gasteiger partial charge in [0.25, 0.3) is 0 Å². The summed E-state index contributed by atoms with van der Waals surface area (Å²) >= 11 is 3.52. The first kappa shape index (κ1) is 9.46. The van der Waals surface area contributed by atoms with Crippen LogP contribution in [0, 0.1) is 6.92 Å². The molecule has 2 rings (SSSR count). The average Bonchev–Trinajstić information content (AvgIpc) is 2.18. The van der Waals surface area contributed by atoms with Crippen LogP contribution in [0.1, 0.15) is 5.56 Å². The summed E-state index contributed by atoms with van der Waals surface area (Å²) in [7, 11) is 1.89. The zero-order chi connectivity index (χ0) is 10.1. The molecule has 0 saturated heterocycles. The molecule has 0 radical (unpaired) electrons. The lowest BCUT2D eigenvalue weighted by molar-refractivity contribution is 1.30. The van der Waals surface area contributed by atoms with E-state index in [0.29, 0.717) is 0 Å². The highest BCUT2D eigenvalue weighted by Crippen LogP contribution is 2.30. The van der Waals surface area contributed by atoms with Crippen LogP contribution >= 0.6 is 15.9 Å². The summed E-state index contributed by atoms with van der Waals surface area (Å²) < 4.78 is 1.05. The van der Waals surface area contributed by atoms with E-state index in [2.05, 4.69) is 45.3 Å². The second-order valence-corrected chi connectivity index (χ2v) is 4.06. The minimum atomic E-state index is 0.923. The first-order valence-corrected chi connectivity index (χ1v) is 5.25. The zero-order valence-electron chi connectivity index (χ0n) is 8.13. The summed E-state index contributed by atoms with van der Waals surface area (Å²) in [4.78, 5) is 4.31. The van der Waals surface area contributed by atoms with E-state index in [1.54, 1.807) is 0 Å². The van der Waals surface area contributed by atoms with Gasteiger partial charge in [0, 0.05) is 28.5 Å². The highest BCUT2D eigenvalue weighted by Gasteiger charge is 2.05. The first-order valence-electron chi connectivity index (χ1n) is 4.45. The lowest BCUT2D eigenvalue weighted by Crippen LogP contribution is -1.94. The molecular weight excluding hydrogens is 240 g/mol. The Morgan fingerprint density at radius 1 is 1.36 bits per heavy atom. The van der Waals surface area contributed by atoms with Crippen molar-refractivity contribution in [1.29, 1.82) is 0 Å². The molecule has 14 heavy (non-hydrogen) atoms. The van der Waals surface area contributed by atoms with Crippen LogP contribution in [0.25, 0.3) is 10.8 Å². The van der Waals surface area contributed by atoms with Gasteiger partial charge in [-0.25, -0.2) is 4.98 Å². The Morgan fingerprint density at radius 3 is 2.86 bits per heavy atom. The Kier molecular flexibility index (Phi) is 2.42. The standard InChI is InChI=1S/C11H11BrN2/c1-7-4-3-5-8-10(7)9(12)6-14-11(8)13-2/h3-6H,1-2H3,(H,13,14). The van der Waals surface area contributed by atoms with Gasteiger partial charge in [0.05, 0.1) is 0 Å². The number of aromatic nitrogens is 1. The third-order valence-corrected chi connectivity index (χ3v) is 2.91. The summed E-state index contributed by atoms with van der Waals surface area (Å²) in [6, 6.07) is 6.23. The average molecular weight is 251 g/mol. The Hall–Kier alpha value is -1.09. The van der Waals surface area contributed by atoms with Crippen LogP contribution < -0.4 is 5.32 Å². The summed E-state index contributed by atoms with van der Waals surface area (Å²) in [5.74, 6) is 0.923. The molecule has 0 saturated carbocycles. The maximum atomic E-state index is 4.31. The van der Waals surface area contributed by atoms with Crippen molar-refractivity contribution in [3.8, 4) is 0 Å². The van der Waals surface area contributed by atoms with E-state index in [-0.39, 0.29) is 0 Å². The van der Waals surface area contributed by atoms with Gasteiger partial charge in [0.2, 0.25) is 0 Å². The number of pyridine rings is 1. The molecule has 0 aliphatic rings. The largest absolute Gasteiger partial charge is 0.373 e. The number of nitrogens with zero attached hydrogens (tertiary/aromatic N) is 1. The molecule has 72 valence electrons. The van der Waals surface area contributed by atoms with E-state index >= 15 is 0 Å². The number of fused-ring (bicyclic) bond motifs is 1. The third-order valence-electron chi connectivity index (χ3n) is 2.31. The lowest BCUT2D eigenvalue weighted by atomic mass is 10.1. The fourth-order valence-corrected chi connectivity index (χ4v) is 2.27. The third kappa shape index (κ3) is 1.38. The summed E-state index contributed by atoms with van der Waals surface area (Å²) in [5.41, 5.74) is 1.26. The molecule has 3 heteroatoms. The number of hydrogen-bond acceptors (Lipinski definition) is 2.